The van der Waals surface area contributed by atoms with Gasteiger partial charge in [0.15, 0.2) is 5.82 Å². The summed E-state index contributed by atoms with van der Waals surface area (Å²) in [6, 6.07) is 6.36. The minimum absolute atomic E-state index is 0.113. The molecule has 2 aromatic heterocycles. The molecule has 0 spiro atoms. The predicted molar refractivity (Wildman–Crippen MR) is 259 cm³/mol. The van der Waals surface area contributed by atoms with Gasteiger partial charge >= 0.3 is 0 Å². The molecule has 0 radical (unpaired) electrons. The number of aliphatic hydroxyl groups is 2. The number of ether oxygens (including phenoxy) is 8. The van der Waals surface area contributed by atoms with Crippen molar-refractivity contribution in [2.75, 3.05) is 164 Å². The van der Waals surface area contributed by atoms with E-state index in [4.69, 9.17) is 53.6 Å². The molecule has 1 saturated heterocycles. The Morgan fingerprint density at radius 2 is 1.20 bits per heavy atom. The smallest absolute Gasteiger partial charge is 0.253 e. The molecule has 1 fully saturated rings. The maximum Gasteiger partial charge on any atom is 0.253 e. The fourth-order valence-electron chi connectivity index (χ4n) is 7.88. The molecule has 0 atom stereocenters. The minimum atomic E-state index is -0.708. The van der Waals surface area contributed by atoms with Crippen LogP contribution in [0.5, 0.6) is 0 Å². The highest BCUT2D eigenvalue weighted by atomic mass is 16.6. The molecule has 2 aliphatic rings. The lowest BCUT2D eigenvalue weighted by atomic mass is 9.92. The summed E-state index contributed by atoms with van der Waals surface area (Å²) in [7, 11) is 0. The van der Waals surface area contributed by atoms with Crippen LogP contribution in [0.4, 0.5) is 5.82 Å². The highest BCUT2D eigenvalue weighted by Crippen LogP contribution is 2.32. The summed E-state index contributed by atoms with van der Waals surface area (Å²) in [5.41, 5.74) is 9.35. The van der Waals surface area contributed by atoms with Crippen LogP contribution in [-0.4, -0.2) is 215 Å². The lowest BCUT2D eigenvalue weighted by Crippen LogP contribution is -2.49. The highest BCUT2D eigenvalue weighted by Gasteiger charge is 2.28. The van der Waals surface area contributed by atoms with Gasteiger partial charge in [0.25, 0.3) is 11.8 Å². The van der Waals surface area contributed by atoms with Gasteiger partial charge in [0, 0.05) is 62.1 Å². The van der Waals surface area contributed by atoms with Crippen molar-refractivity contribution in [1.82, 2.24) is 29.2 Å². The Kier molecular flexibility index (Phi) is 25.2. The quantitative estimate of drug-likeness (QED) is 0.0551. The molecule has 20 heteroatoms. The van der Waals surface area contributed by atoms with E-state index in [9.17, 15) is 24.6 Å². The molecule has 2 aliphatic heterocycles. The third-order valence-electron chi connectivity index (χ3n) is 12.0. The van der Waals surface area contributed by atoms with Gasteiger partial charge in [-0.3, -0.25) is 24.2 Å². The number of nitrogen functional groups attached to an aromatic ring is 1. The molecule has 0 saturated carbocycles. The Balaban J connectivity index is 0.803. The summed E-state index contributed by atoms with van der Waals surface area (Å²) < 4.78 is 46.2. The van der Waals surface area contributed by atoms with Crippen molar-refractivity contribution in [3.63, 3.8) is 0 Å². The molecule has 20 nitrogen and oxygen atoms in total. The zero-order valence-corrected chi connectivity index (χ0v) is 41.0. The Morgan fingerprint density at radius 3 is 1.72 bits per heavy atom. The molecule has 0 bridgehead atoms. The standard InChI is InChI=1S/C49H77N7O13/c1-3-4-7-42-52-46-47(56(42)36-49(2,37-57)38-58)40-9-8-39(35-41(40)51-48(46)50)6-5-13-53-14-16-54(17-15-53)43(59)12-19-62-21-23-64-25-27-66-29-31-68-33-34-69-32-30-67-28-26-65-24-22-63-20-18-55-44(60)10-11-45(55)61/h8-11,35,57-58H,3-7,12-34,36-38H2,1-2H3,(H2,50,51). The maximum atomic E-state index is 12.8. The number of piperazine rings is 1. The summed E-state index contributed by atoms with van der Waals surface area (Å²) in [6.45, 7) is 15.1. The number of hydrogen-bond acceptors (Lipinski definition) is 17. The van der Waals surface area contributed by atoms with Crippen molar-refractivity contribution in [3.8, 4) is 0 Å². The van der Waals surface area contributed by atoms with Crippen molar-refractivity contribution in [3.05, 3.63) is 41.7 Å². The van der Waals surface area contributed by atoms with Gasteiger partial charge in [0.1, 0.15) is 11.3 Å². The monoisotopic (exact) mass is 972 g/mol. The van der Waals surface area contributed by atoms with Crippen LogP contribution in [0.1, 0.15) is 50.9 Å². The largest absolute Gasteiger partial charge is 0.396 e. The first kappa shape index (κ1) is 55.7. The number of aryl methyl sites for hydroxylation is 2. The van der Waals surface area contributed by atoms with E-state index in [0.717, 1.165) is 78.9 Å². The first-order valence-corrected chi connectivity index (χ1v) is 24.6. The van der Waals surface area contributed by atoms with Gasteiger partial charge in [-0.1, -0.05) is 32.4 Å². The van der Waals surface area contributed by atoms with Crippen molar-refractivity contribution in [2.24, 2.45) is 5.41 Å². The second-order valence-corrected chi connectivity index (χ2v) is 17.5. The zero-order valence-electron chi connectivity index (χ0n) is 41.0. The second-order valence-electron chi connectivity index (χ2n) is 17.5. The van der Waals surface area contributed by atoms with E-state index in [1.54, 1.807) is 0 Å². The SMILES string of the molecule is CCCCc1nc2c(N)nc3cc(CCCN4CCN(C(=O)CCOCCOCCOCCOCCOCCOCCOCCOCCN5C(=O)C=CC5=O)CC4)ccc3c2n1CC(C)(CO)CO. The Bertz CT molecular complexity index is 2000. The van der Waals surface area contributed by atoms with Crippen LogP contribution >= 0.6 is 0 Å². The van der Waals surface area contributed by atoms with Crippen molar-refractivity contribution < 1.29 is 62.5 Å². The van der Waals surface area contributed by atoms with Gasteiger partial charge in [-0.25, -0.2) is 9.97 Å². The average Bonchev–Trinajstić information content (AvgIpc) is 3.88. The number of anilines is 1. The third-order valence-corrected chi connectivity index (χ3v) is 12.0. The van der Waals surface area contributed by atoms with Crippen molar-refractivity contribution >= 4 is 45.5 Å². The molecule has 3 amide bonds. The number of amides is 3. The number of fused-ring (bicyclic) bond motifs is 3. The number of carbonyl (C=O) groups excluding carboxylic acids is 3. The second kappa shape index (κ2) is 31.2. The number of aliphatic hydroxyl groups excluding tert-OH is 2. The number of hydrogen-bond donors (Lipinski definition) is 3. The number of pyridine rings is 1. The minimum Gasteiger partial charge on any atom is -0.396 e. The van der Waals surface area contributed by atoms with Crippen LogP contribution < -0.4 is 5.73 Å². The Labute approximate surface area is 406 Å². The molecule has 386 valence electrons. The summed E-state index contributed by atoms with van der Waals surface area (Å²) in [5.74, 6) is 0.768. The number of aromatic nitrogens is 3. The number of rotatable bonds is 38. The van der Waals surface area contributed by atoms with E-state index < -0.39 is 5.41 Å². The number of carbonyl (C=O) groups is 3. The topological polar surface area (TPSA) is 232 Å². The first-order chi connectivity index (χ1) is 33.7. The molecule has 69 heavy (non-hydrogen) atoms. The summed E-state index contributed by atoms with van der Waals surface area (Å²) in [4.78, 5) is 50.9. The van der Waals surface area contributed by atoms with E-state index >= 15 is 0 Å². The first-order valence-electron chi connectivity index (χ1n) is 24.6. The molecule has 0 aliphatic carbocycles. The summed E-state index contributed by atoms with van der Waals surface area (Å²) in [5, 5.41) is 21.2. The number of nitrogens with two attached hydrogens (primary N) is 1. The van der Waals surface area contributed by atoms with Crippen molar-refractivity contribution in [2.45, 2.75) is 58.9 Å². The lowest BCUT2D eigenvalue weighted by molar-refractivity contribution is -0.138. The van der Waals surface area contributed by atoms with E-state index in [0.29, 0.717) is 136 Å². The van der Waals surface area contributed by atoms with Gasteiger partial charge in [-0.15, -0.1) is 0 Å². The van der Waals surface area contributed by atoms with Crippen LogP contribution in [0.15, 0.2) is 30.4 Å². The van der Waals surface area contributed by atoms with Gasteiger partial charge < -0.3 is 63.3 Å². The normalized spacial score (nSPS) is 14.7. The molecule has 4 heterocycles. The summed E-state index contributed by atoms with van der Waals surface area (Å²) >= 11 is 0. The molecular formula is C49H77N7O13. The maximum absolute atomic E-state index is 12.8. The Morgan fingerprint density at radius 1 is 0.681 bits per heavy atom. The fourth-order valence-corrected chi connectivity index (χ4v) is 7.88. The van der Waals surface area contributed by atoms with Crippen LogP contribution in [0.25, 0.3) is 21.9 Å². The fraction of sp³-hybridized carbons (Fsp3) is 0.694. The van der Waals surface area contributed by atoms with Gasteiger partial charge in [-0.05, 0) is 37.4 Å². The molecule has 5 rings (SSSR count). The van der Waals surface area contributed by atoms with E-state index in [1.807, 2.05) is 11.8 Å². The molecule has 1 aromatic carbocycles. The van der Waals surface area contributed by atoms with E-state index in [1.165, 1.54) is 17.7 Å². The number of nitrogens with zero attached hydrogens (tertiary/aromatic N) is 6. The van der Waals surface area contributed by atoms with Gasteiger partial charge in [0.2, 0.25) is 5.91 Å². The van der Waals surface area contributed by atoms with Gasteiger partial charge in [0.05, 0.1) is 143 Å². The molecule has 3 aromatic rings. The Hall–Kier alpha value is -4.19. The van der Waals surface area contributed by atoms with Crippen LogP contribution in [0.2, 0.25) is 0 Å². The number of imide groups is 1. The number of unbranched alkanes of at least 4 members (excludes halogenated alkanes) is 1. The zero-order chi connectivity index (χ0) is 49.1. The highest BCUT2D eigenvalue weighted by molar-refractivity contribution is 6.12. The van der Waals surface area contributed by atoms with E-state index in [-0.39, 0.29) is 44.1 Å². The summed E-state index contributed by atoms with van der Waals surface area (Å²) in [6.07, 6.45) is 7.49. The van der Waals surface area contributed by atoms with Crippen LogP contribution in [0.3, 0.4) is 0 Å². The average molecular weight is 972 g/mol. The molecular weight excluding hydrogens is 895 g/mol. The van der Waals surface area contributed by atoms with Crippen LogP contribution in [0, 0.1) is 5.41 Å². The van der Waals surface area contributed by atoms with Gasteiger partial charge in [-0.2, -0.15) is 0 Å². The van der Waals surface area contributed by atoms with Crippen LogP contribution in [-0.2, 0) is 71.7 Å². The number of imidazole rings is 1. The lowest BCUT2D eigenvalue weighted by Gasteiger charge is -2.34. The predicted octanol–water partition coefficient (Wildman–Crippen LogP) is 2.02. The van der Waals surface area contributed by atoms with Crippen molar-refractivity contribution in [1.29, 1.82) is 0 Å². The van der Waals surface area contributed by atoms with E-state index in [2.05, 4.69) is 34.6 Å². The molecule has 0 unspecified atom stereocenters. The third kappa shape index (κ3) is 18.8. The molecule has 4 N–H and O–H groups in total. The number of benzene rings is 1.